The molecule has 6 nitrogen and oxygen atoms in total. The molecule has 136 valence electrons. The monoisotopic (exact) mass is 381 g/mol. The van der Waals surface area contributed by atoms with E-state index in [0.29, 0.717) is 24.3 Å². The van der Waals surface area contributed by atoms with E-state index in [0.717, 1.165) is 23.6 Å². The highest BCUT2D eigenvalue weighted by atomic mass is 32.2. The summed E-state index contributed by atoms with van der Waals surface area (Å²) in [5.74, 6) is 1.21. The van der Waals surface area contributed by atoms with Crippen LogP contribution in [-0.4, -0.2) is 41.6 Å². The zero-order valence-corrected chi connectivity index (χ0v) is 16.3. The fourth-order valence-electron chi connectivity index (χ4n) is 2.79. The van der Waals surface area contributed by atoms with Crippen LogP contribution in [0.15, 0.2) is 15.7 Å². The summed E-state index contributed by atoms with van der Waals surface area (Å²) in [5, 5.41) is 11.2. The number of methoxy groups -OCH3 is 1. The molecule has 0 fully saturated rings. The largest absolute Gasteiger partial charge is 0.410 e. The van der Waals surface area contributed by atoms with Crippen LogP contribution in [0.2, 0.25) is 0 Å². The second-order valence-corrected chi connectivity index (χ2v) is 8.75. The van der Waals surface area contributed by atoms with Crippen LogP contribution in [0.3, 0.4) is 0 Å². The molecule has 2 atom stereocenters. The van der Waals surface area contributed by atoms with E-state index in [-0.39, 0.29) is 11.2 Å². The van der Waals surface area contributed by atoms with Gasteiger partial charge in [0.15, 0.2) is 0 Å². The van der Waals surface area contributed by atoms with Crippen LogP contribution in [0.25, 0.3) is 10.8 Å². The molecule has 0 saturated carbocycles. The number of carbonyl (C=O) groups is 1. The van der Waals surface area contributed by atoms with E-state index in [1.165, 1.54) is 28.6 Å². The van der Waals surface area contributed by atoms with Crippen LogP contribution in [0.1, 0.15) is 30.7 Å². The minimum atomic E-state index is -0.303. The SMILES string of the molecule is COCCNC(=O)[C@H](C)Sc1nnc(-c2cc3c(s2)CC[C@H](C)C3)o1. The minimum Gasteiger partial charge on any atom is -0.410 e. The van der Waals surface area contributed by atoms with E-state index in [1.54, 1.807) is 18.4 Å². The third-order valence-electron chi connectivity index (χ3n) is 4.20. The summed E-state index contributed by atoms with van der Waals surface area (Å²) in [6.45, 7) is 5.10. The minimum absolute atomic E-state index is 0.0672. The number of carbonyl (C=O) groups excluding carboxylic acids is 1. The Morgan fingerprint density at radius 1 is 1.56 bits per heavy atom. The number of fused-ring (bicyclic) bond motifs is 1. The van der Waals surface area contributed by atoms with Crippen LogP contribution in [0.4, 0.5) is 0 Å². The number of nitrogens with one attached hydrogen (secondary N) is 1. The molecule has 1 N–H and O–H groups in total. The molecule has 0 aliphatic heterocycles. The molecule has 0 saturated heterocycles. The molecule has 25 heavy (non-hydrogen) atoms. The molecule has 0 spiro atoms. The number of ether oxygens (including phenoxy) is 1. The molecule has 0 bridgehead atoms. The van der Waals surface area contributed by atoms with E-state index in [1.807, 2.05) is 6.92 Å². The Hall–Kier alpha value is -1.38. The lowest BCUT2D eigenvalue weighted by atomic mass is 9.90. The molecule has 2 heterocycles. The Balaban J connectivity index is 1.62. The van der Waals surface area contributed by atoms with Gasteiger partial charge in [-0.15, -0.1) is 21.5 Å². The van der Waals surface area contributed by atoms with Crippen LogP contribution in [0.5, 0.6) is 0 Å². The normalized spacial score (nSPS) is 18.0. The highest BCUT2D eigenvalue weighted by Crippen LogP contribution is 2.37. The summed E-state index contributed by atoms with van der Waals surface area (Å²) in [4.78, 5) is 14.4. The Kier molecular flexibility index (Phi) is 6.14. The van der Waals surface area contributed by atoms with Gasteiger partial charge in [0.2, 0.25) is 5.91 Å². The third-order valence-corrected chi connectivity index (χ3v) is 6.36. The maximum atomic E-state index is 12.0. The van der Waals surface area contributed by atoms with Crippen molar-refractivity contribution in [3.05, 3.63) is 16.5 Å². The van der Waals surface area contributed by atoms with Crippen molar-refractivity contribution in [2.24, 2.45) is 5.92 Å². The molecule has 8 heteroatoms. The van der Waals surface area contributed by atoms with Gasteiger partial charge in [-0.25, -0.2) is 0 Å². The first-order chi connectivity index (χ1) is 12.1. The highest BCUT2D eigenvalue weighted by Gasteiger charge is 2.22. The standard InChI is InChI=1S/C17H23N3O3S2/c1-10-4-5-13-12(8-10)9-14(25-13)16-19-20-17(23-16)24-11(2)15(21)18-6-7-22-3/h9-11H,4-8H2,1-3H3,(H,18,21)/t10-,11-/m0/s1. The number of aryl methyl sites for hydroxylation is 1. The zero-order valence-electron chi connectivity index (χ0n) is 14.7. The van der Waals surface area contributed by atoms with Crippen molar-refractivity contribution in [3.8, 4) is 10.8 Å². The summed E-state index contributed by atoms with van der Waals surface area (Å²) in [5.41, 5.74) is 1.41. The van der Waals surface area contributed by atoms with Gasteiger partial charge in [0.25, 0.3) is 11.1 Å². The van der Waals surface area contributed by atoms with E-state index >= 15 is 0 Å². The number of hydrogen-bond donors (Lipinski definition) is 1. The molecule has 0 radical (unpaired) electrons. The number of amides is 1. The lowest BCUT2D eigenvalue weighted by Gasteiger charge is -2.16. The quantitative estimate of drug-likeness (QED) is 0.586. The number of hydrogen-bond acceptors (Lipinski definition) is 7. The van der Waals surface area contributed by atoms with E-state index in [4.69, 9.17) is 9.15 Å². The average molecular weight is 382 g/mol. The molecule has 0 aromatic carbocycles. The molecular formula is C17H23N3O3S2. The predicted octanol–water partition coefficient (Wildman–Crippen LogP) is 3.17. The molecule has 0 unspecified atom stereocenters. The lowest BCUT2D eigenvalue weighted by molar-refractivity contribution is -0.120. The fraction of sp³-hybridized carbons (Fsp3) is 0.588. The molecule has 3 rings (SSSR count). The van der Waals surface area contributed by atoms with E-state index < -0.39 is 0 Å². The van der Waals surface area contributed by atoms with Gasteiger partial charge in [0.1, 0.15) is 0 Å². The van der Waals surface area contributed by atoms with Crippen molar-refractivity contribution in [3.63, 3.8) is 0 Å². The van der Waals surface area contributed by atoms with Crippen molar-refractivity contribution in [1.82, 2.24) is 15.5 Å². The van der Waals surface area contributed by atoms with Crippen LogP contribution in [-0.2, 0) is 22.4 Å². The first kappa shape index (κ1) is 18.4. The van der Waals surface area contributed by atoms with Crippen LogP contribution < -0.4 is 5.32 Å². The van der Waals surface area contributed by atoms with Crippen molar-refractivity contribution >= 4 is 29.0 Å². The van der Waals surface area contributed by atoms with Crippen molar-refractivity contribution in [2.45, 2.75) is 43.6 Å². The number of aromatic nitrogens is 2. The number of rotatable bonds is 7. The molecule has 2 aromatic rings. The number of thiophene rings is 1. The van der Waals surface area contributed by atoms with Gasteiger partial charge in [-0.2, -0.15) is 0 Å². The van der Waals surface area contributed by atoms with E-state index in [9.17, 15) is 4.79 Å². The first-order valence-electron chi connectivity index (χ1n) is 8.45. The Morgan fingerprint density at radius 3 is 3.20 bits per heavy atom. The smallest absolute Gasteiger partial charge is 0.277 e. The summed E-state index contributed by atoms with van der Waals surface area (Å²) in [6, 6.07) is 2.18. The van der Waals surface area contributed by atoms with Gasteiger partial charge in [-0.05, 0) is 43.7 Å². The summed E-state index contributed by atoms with van der Waals surface area (Å²) in [6.07, 6.45) is 3.50. The fourth-order valence-corrected chi connectivity index (χ4v) is 4.63. The third kappa shape index (κ3) is 4.62. The van der Waals surface area contributed by atoms with Crippen molar-refractivity contribution in [1.29, 1.82) is 0 Å². The highest BCUT2D eigenvalue weighted by molar-refractivity contribution is 8.00. The zero-order chi connectivity index (χ0) is 17.8. The number of nitrogens with zero attached hydrogens (tertiary/aromatic N) is 2. The maximum absolute atomic E-state index is 12.0. The predicted molar refractivity (Wildman–Crippen MR) is 99.0 cm³/mol. The van der Waals surface area contributed by atoms with Gasteiger partial charge in [0, 0.05) is 18.5 Å². The summed E-state index contributed by atoms with van der Waals surface area (Å²) < 4.78 is 10.7. The number of thioether (sulfide) groups is 1. The van der Waals surface area contributed by atoms with Crippen molar-refractivity contribution < 1.29 is 13.9 Å². The molecule has 1 aliphatic rings. The van der Waals surface area contributed by atoms with Gasteiger partial charge in [-0.1, -0.05) is 18.7 Å². The molecule has 2 aromatic heterocycles. The maximum Gasteiger partial charge on any atom is 0.277 e. The van der Waals surface area contributed by atoms with Gasteiger partial charge in [-0.3, -0.25) is 4.79 Å². The summed E-state index contributed by atoms with van der Waals surface area (Å²) in [7, 11) is 1.60. The van der Waals surface area contributed by atoms with Gasteiger partial charge >= 0.3 is 0 Å². The topological polar surface area (TPSA) is 77.2 Å². The Bertz CT molecular complexity index is 729. The lowest BCUT2D eigenvalue weighted by Crippen LogP contribution is -2.33. The Labute approximate surface area is 155 Å². The van der Waals surface area contributed by atoms with Crippen LogP contribution in [0, 0.1) is 5.92 Å². The van der Waals surface area contributed by atoms with Crippen LogP contribution >= 0.6 is 23.1 Å². The van der Waals surface area contributed by atoms with Gasteiger partial charge in [0.05, 0.1) is 16.7 Å². The molecular weight excluding hydrogens is 358 g/mol. The Morgan fingerprint density at radius 2 is 2.40 bits per heavy atom. The summed E-state index contributed by atoms with van der Waals surface area (Å²) >= 11 is 3.02. The van der Waals surface area contributed by atoms with Crippen molar-refractivity contribution in [2.75, 3.05) is 20.3 Å². The first-order valence-corrected chi connectivity index (χ1v) is 10.1. The second kappa shape index (κ2) is 8.33. The second-order valence-electron chi connectivity index (χ2n) is 6.32. The van der Waals surface area contributed by atoms with Gasteiger partial charge < -0.3 is 14.5 Å². The van der Waals surface area contributed by atoms with E-state index in [2.05, 4.69) is 28.5 Å². The molecule has 1 amide bonds. The average Bonchev–Trinajstić information content (AvgIpc) is 3.21. The molecule has 1 aliphatic carbocycles.